The average molecular weight is 304 g/mol. The summed E-state index contributed by atoms with van der Waals surface area (Å²) in [6, 6.07) is 0.374. The Kier molecular flexibility index (Phi) is 3.69. The van der Waals surface area contributed by atoms with Crippen LogP contribution in [-0.4, -0.2) is 68.7 Å². The maximum Gasteiger partial charge on any atom is 0.261 e. The number of nitrogens with one attached hydrogen (secondary N) is 1. The molecule has 2 aromatic rings. The Bertz CT molecular complexity index is 749. The lowest BCUT2D eigenvalue weighted by Gasteiger charge is -2.22. The van der Waals surface area contributed by atoms with Crippen LogP contribution in [0.15, 0.2) is 17.3 Å². The molecule has 8 heteroatoms. The maximum atomic E-state index is 12.5. The number of rotatable bonds is 3. The molecule has 1 aliphatic rings. The number of carbonyl (C=O) groups is 1. The number of amides is 1. The Morgan fingerprint density at radius 1 is 1.45 bits per heavy atom. The van der Waals surface area contributed by atoms with Crippen LogP contribution in [0.4, 0.5) is 0 Å². The quantitative estimate of drug-likeness (QED) is 0.828. The van der Waals surface area contributed by atoms with Crippen LogP contribution in [0.2, 0.25) is 0 Å². The van der Waals surface area contributed by atoms with Gasteiger partial charge < -0.3 is 14.8 Å². The fourth-order valence-corrected chi connectivity index (χ4v) is 3.07. The molecule has 2 atom stereocenters. The monoisotopic (exact) mass is 304 g/mol. The summed E-state index contributed by atoms with van der Waals surface area (Å²) in [5.74, 6) is 0.442. The summed E-state index contributed by atoms with van der Waals surface area (Å²) in [6.45, 7) is 3.73. The highest BCUT2D eigenvalue weighted by Crippen LogP contribution is 2.20. The van der Waals surface area contributed by atoms with Gasteiger partial charge in [-0.15, -0.1) is 0 Å². The van der Waals surface area contributed by atoms with E-state index in [9.17, 15) is 9.59 Å². The molecule has 2 aromatic heterocycles. The molecule has 0 aromatic carbocycles. The number of hydrogen-bond donors (Lipinski definition) is 1. The predicted molar refractivity (Wildman–Crippen MR) is 81.4 cm³/mol. The second kappa shape index (κ2) is 5.53. The standard InChI is InChI=1S/C14H20N6O2/c1-9-5-19(6-11(9)18(2)3)12(21)7-20-13-10(4-17-20)14(22)16-8-15-13/h4,8-9,11H,5-7H2,1-3H3,(H,15,16,22)/t9-,11+/m0/s1. The number of nitrogens with zero attached hydrogens (tertiary/aromatic N) is 5. The smallest absolute Gasteiger partial charge is 0.261 e. The van der Waals surface area contributed by atoms with Gasteiger partial charge in [0.1, 0.15) is 11.9 Å². The van der Waals surface area contributed by atoms with Crippen molar-refractivity contribution in [2.24, 2.45) is 5.92 Å². The summed E-state index contributed by atoms with van der Waals surface area (Å²) in [5, 5.41) is 4.52. The third-order valence-electron chi connectivity index (χ3n) is 4.31. The lowest BCUT2D eigenvalue weighted by molar-refractivity contribution is -0.131. The minimum Gasteiger partial charge on any atom is -0.339 e. The van der Waals surface area contributed by atoms with E-state index in [1.807, 2.05) is 19.0 Å². The highest BCUT2D eigenvalue weighted by atomic mass is 16.2. The highest BCUT2D eigenvalue weighted by molar-refractivity contribution is 5.79. The first-order chi connectivity index (χ1) is 10.5. The van der Waals surface area contributed by atoms with E-state index in [-0.39, 0.29) is 18.0 Å². The van der Waals surface area contributed by atoms with Crippen LogP contribution in [-0.2, 0) is 11.3 Å². The van der Waals surface area contributed by atoms with Gasteiger partial charge in [-0.25, -0.2) is 9.67 Å². The number of likely N-dealkylation sites (tertiary alicyclic amines) is 1. The summed E-state index contributed by atoms with van der Waals surface area (Å²) < 4.78 is 1.49. The van der Waals surface area contributed by atoms with Crippen LogP contribution in [0.3, 0.4) is 0 Å². The second-order valence-corrected chi connectivity index (χ2v) is 6.08. The predicted octanol–water partition coefficient (Wildman–Crippen LogP) is -0.472. The molecule has 0 unspecified atom stereocenters. The van der Waals surface area contributed by atoms with Crippen molar-refractivity contribution >= 4 is 16.9 Å². The molecule has 1 saturated heterocycles. The van der Waals surface area contributed by atoms with Crippen molar-refractivity contribution in [3.8, 4) is 0 Å². The van der Waals surface area contributed by atoms with Gasteiger partial charge in [-0.2, -0.15) is 5.10 Å². The molecule has 1 N–H and O–H groups in total. The molecule has 0 spiro atoms. The van der Waals surface area contributed by atoms with Crippen LogP contribution in [0.25, 0.3) is 11.0 Å². The number of carbonyl (C=O) groups excluding carboxylic acids is 1. The molecule has 1 fully saturated rings. The van der Waals surface area contributed by atoms with Gasteiger partial charge in [0.15, 0.2) is 5.65 Å². The number of aromatic nitrogens is 4. The van der Waals surface area contributed by atoms with E-state index in [2.05, 4.69) is 26.9 Å². The van der Waals surface area contributed by atoms with Gasteiger partial charge in [-0.1, -0.05) is 6.92 Å². The maximum absolute atomic E-state index is 12.5. The number of aromatic amines is 1. The molecule has 22 heavy (non-hydrogen) atoms. The number of likely N-dealkylation sites (N-methyl/N-ethyl adjacent to an activating group) is 1. The van der Waals surface area contributed by atoms with E-state index in [0.29, 0.717) is 23.0 Å². The largest absolute Gasteiger partial charge is 0.339 e. The summed E-state index contributed by atoms with van der Waals surface area (Å²) in [5.41, 5.74) is 0.194. The Labute approximate surface area is 127 Å². The van der Waals surface area contributed by atoms with Crippen LogP contribution >= 0.6 is 0 Å². The summed E-state index contributed by atoms with van der Waals surface area (Å²) >= 11 is 0. The Hall–Kier alpha value is -2.22. The van der Waals surface area contributed by atoms with Gasteiger partial charge in [0, 0.05) is 19.1 Å². The van der Waals surface area contributed by atoms with Crippen LogP contribution in [0, 0.1) is 5.92 Å². The molecule has 1 amide bonds. The first-order valence-corrected chi connectivity index (χ1v) is 7.30. The van der Waals surface area contributed by atoms with Gasteiger partial charge in [0.2, 0.25) is 5.91 Å². The Morgan fingerprint density at radius 2 is 2.23 bits per heavy atom. The first-order valence-electron chi connectivity index (χ1n) is 7.30. The van der Waals surface area contributed by atoms with E-state index in [4.69, 9.17) is 0 Å². The van der Waals surface area contributed by atoms with E-state index in [0.717, 1.165) is 13.1 Å². The minimum atomic E-state index is -0.244. The van der Waals surface area contributed by atoms with Crippen molar-refractivity contribution in [2.75, 3.05) is 27.2 Å². The van der Waals surface area contributed by atoms with Crippen molar-refractivity contribution < 1.29 is 4.79 Å². The molecular weight excluding hydrogens is 284 g/mol. The normalized spacial score (nSPS) is 21.9. The lowest BCUT2D eigenvalue weighted by atomic mass is 10.1. The third kappa shape index (κ3) is 2.50. The topological polar surface area (TPSA) is 87.1 Å². The Morgan fingerprint density at radius 3 is 2.91 bits per heavy atom. The molecule has 0 aliphatic carbocycles. The fraction of sp³-hybridized carbons (Fsp3) is 0.571. The highest BCUT2D eigenvalue weighted by Gasteiger charge is 2.33. The van der Waals surface area contributed by atoms with E-state index < -0.39 is 0 Å². The van der Waals surface area contributed by atoms with Crippen molar-refractivity contribution in [1.82, 2.24) is 29.5 Å². The van der Waals surface area contributed by atoms with Crippen LogP contribution < -0.4 is 5.56 Å². The van der Waals surface area contributed by atoms with Gasteiger partial charge in [0.25, 0.3) is 5.56 Å². The molecule has 1 aliphatic heterocycles. The van der Waals surface area contributed by atoms with Gasteiger partial charge >= 0.3 is 0 Å². The van der Waals surface area contributed by atoms with Gasteiger partial charge in [0.05, 0.1) is 12.5 Å². The molecular formula is C14H20N6O2. The molecule has 0 radical (unpaired) electrons. The van der Waals surface area contributed by atoms with E-state index >= 15 is 0 Å². The van der Waals surface area contributed by atoms with Crippen molar-refractivity contribution in [2.45, 2.75) is 19.5 Å². The summed E-state index contributed by atoms with van der Waals surface area (Å²) in [6.07, 6.45) is 2.77. The molecule has 0 saturated carbocycles. The molecule has 3 heterocycles. The minimum absolute atomic E-state index is 0.00304. The summed E-state index contributed by atoms with van der Waals surface area (Å²) in [7, 11) is 4.07. The number of H-pyrrole nitrogens is 1. The SMILES string of the molecule is C[C@H]1CN(C(=O)Cn2ncc3c(=O)[nH]cnc32)C[C@H]1N(C)C. The zero-order chi connectivity index (χ0) is 15.9. The first kappa shape index (κ1) is 14.7. The van der Waals surface area contributed by atoms with Crippen molar-refractivity contribution in [1.29, 1.82) is 0 Å². The number of hydrogen-bond acceptors (Lipinski definition) is 5. The van der Waals surface area contributed by atoms with E-state index in [1.54, 1.807) is 0 Å². The summed E-state index contributed by atoms with van der Waals surface area (Å²) in [4.78, 5) is 34.8. The van der Waals surface area contributed by atoms with Crippen LogP contribution in [0.5, 0.6) is 0 Å². The zero-order valence-electron chi connectivity index (χ0n) is 13.0. The van der Waals surface area contributed by atoms with Crippen LogP contribution in [0.1, 0.15) is 6.92 Å². The molecule has 3 rings (SSSR count). The van der Waals surface area contributed by atoms with E-state index in [1.165, 1.54) is 17.2 Å². The fourth-order valence-electron chi connectivity index (χ4n) is 3.07. The molecule has 8 nitrogen and oxygen atoms in total. The van der Waals surface area contributed by atoms with Crippen molar-refractivity contribution in [3.63, 3.8) is 0 Å². The third-order valence-corrected chi connectivity index (χ3v) is 4.31. The second-order valence-electron chi connectivity index (χ2n) is 6.08. The zero-order valence-corrected chi connectivity index (χ0v) is 13.0. The lowest BCUT2D eigenvalue weighted by Crippen LogP contribution is -2.37. The number of fused-ring (bicyclic) bond motifs is 1. The molecule has 0 bridgehead atoms. The molecule has 118 valence electrons. The van der Waals surface area contributed by atoms with Gasteiger partial charge in [-0.3, -0.25) is 9.59 Å². The average Bonchev–Trinajstić information content (AvgIpc) is 3.04. The van der Waals surface area contributed by atoms with Crippen molar-refractivity contribution in [3.05, 3.63) is 22.9 Å². The van der Waals surface area contributed by atoms with Gasteiger partial charge in [-0.05, 0) is 20.0 Å². The Balaban J connectivity index is 1.77.